The lowest BCUT2D eigenvalue weighted by Gasteiger charge is -2.08. The molecule has 0 bridgehead atoms. The number of hydrogen-bond acceptors (Lipinski definition) is 3. The fourth-order valence-corrected chi connectivity index (χ4v) is 2.68. The van der Waals surface area contributed by atoms with Gasteiger partial charge in [0, 0.05) is 12.1 Å². The molecule has 0 saturated carbocycles. The van der Waals surface area contributed by atoms with Crippen molar-refractivity contribution in [1.82, 2.24) is 5.32 Å². The minimum absolute atomic E-state index is 0.0311. The van der Waals surface area contributed by atoms with E-state index >= 15 is 0 Å². The first-order valence-electron chi connectivity index (χ1n) is 9.95. The van der Waals surface area contributed by atoms with Crippen LogP contribution in [-0.4, -0.2) is 25.0 Å². The Morgan fingerprint density at radius 3 is 2.07 bits per heavy atom. The summed E-state index contributed by atoms with van der Waals surface area (Å²) >= 11 is 0. The largest absolute Gasteiger partial charge is 0.466 e. The highest BCUT2D eigenvalue weighted by Crippen LogP contribution is 2.29. The number of halogens is 3. The predicted molar refractivity (Wildman–Crippen MR) is 102 cm³/mol. The second-order valence-electron chi connectivity index (χ2n) is 6.78. The van der Waals surface area contributed by atoms with Crippen LogP contribution in [0.2, 0.25) is 0 Å². The van der Waals surface area contributed by atoms with E-state index in [-0.39, 0.29) is 18.5 Å². The highest BCUT2D eigenvalue weighted by molar-refractivity contribution is 5.94. The van der Waals surface area contributed by atoms with E-state index < -0.39 is 23.6 Å². The molecule has 0 aliphatic carbocycles. The van der Waals surface area contributed by atoms with Crippen molar-refractivity contribution in [3.8, 4) is 0 Å². The van der Waals surface area contributed by atoms with Crippen molar-refractivity contribution in [2.45, 2.75) is 70.9 Å². The lowest BCUT2D eigenvalue weighted by atomic mass is 10.1. The Hall–Kier alpha value is -2.05. The molecule has 0 heterocycles. The van der Waals surface area contributed by atoms with Crippen LogP contribution in [-0.2, 0) is 15.7 Å². The number of benzene rings is 1. The van der Waals surface area contributed by atoms with E-state index in [1.165, 1.54) is 32.1 Å². The van der Waals surface area contributed by atoms with Crippen LogP contribution in [0.3, 0.4) is 0 Å². The second-order valence-corrected chi connectivity index (χ2v) is 6.78. The summed E-state index contributed by atoms with van der Waals surface area (Å²) in [6, 6.07) is 3.93. The van der Waals surface area contributed by atoms with Gasteiger partial charge in [-0.25, -0.2) is 0 Å². The third-order valence-corrected chi connectivity index (χ3v) is 4.35. The SMILES string of the molecule is CCCCCCCCCCOC(=O)CCNC(=O)c1ccc(C(F)(F)F)cc1. The van der Waals surface area contributed by atoms with Gasteiger partial charge in [0.05, 0.1) is 18.6 Å². The Balaban J connectivity index is 2.10. The molecule has 1 aromatic carbocycles. The molecular weight excluding hydrogens is 371 g/mol. The molecule has 158 valence electrons. The van der Waals surface area contributed by atoms with Gasteiger partial charge in [-0.3, -0.25) is 9.59 Å². The number of carbonyl (C=O) groups excluding carboxylic acids is 2. The molecule has 0 saturated heterocycles. The molecule has 0 aliphatic rings. The Labute approximate surface area is 164 Å². The van der Waals surface area contributed by atoms with Crippen LogP contribution in [0, 0.1) is 0 Å². The Morgan fingerprint density at radius 2 is 1.50 bits per heavy atom. The Morgan fingerprint density at radius 1 is 0.929 bits per heavy atom. The van der Waals surface area contributed by atoms with Gasteiger partial charge in [0.2, 0.25) is 0 Å². The van der Waals surface area contributed by atoms with Gasteiger partial charge in [0.1, 0.15) is 0 Å². The number of esters is 1. The topological polar surface area (TPSA) is 55.4 Å². The number of rotatable bonds is 13. The van der Waals surface area contributed by atoms with Crippen molar-refractivity contribution in [2.24, 2.45) is 0 Å². The third kappa shape index (κ3) is 10.3. The third-order valence-electron chi connectivity index (χ3n) is 4.35. The Kier molecular flexibility index (Phi) is 11.3. The molecule has 0 spiro atoms. The number of unbranched alkanes of at least 4 members (excludes halogenated alkanes) is 7. The van der Waals surface area contributed by atoms with Gasteiger partial charge in [-0.05, 0) is 30.7 Å². The zero-order valence-corrected chi connectivity index (χ0v) is 16.4. The number of alkyl halides is 3. The molecule has 1 rings (SSSR count). The van der Waals surface area contributed by atoms with E-state index in [2.05, 4.69) is 12.2 Å². The molecule has 0 fully saturated rings. The van der Waals surface area contributed by atoms with Crippen LogP contribution in [0.25, 0.3) is 0 Å². The summed E-state index contributed by atoms with van der Waals surface area (Å²) in [4.78, 5) is 23.5. The van der Waals surface area contributed by atoms with E-state index in [1.54, 1.807) is 0 Å². The van der Waals surface area contributed by atoms with Gasteiger partial charge in [-0.1, -0.05) is 51.9 Å². The zero-order valence-electron chi connectivity index (χ0n) is 16.4. The summed E-state index contributed by atoms with van der Waals surface area (Å²) in [5.41, 5.74) is -0.700. The van der Waals surface area contributed by atoms with Gasteiger partial charge >= 0.3 is 12.1 Å². The van der Waals surface area contributed by atoms with Gasteiger partial charge in [-0.2, -0.15) is 13.2 Å². The molecule has 1 aromatic rings. The number of hydrogen-bond donors (Lipinski definition) is 1. The monoisotopic (exact) mass is 401 g/mol. The minimum atomic E-state index is -4.44. The molecule has 0 radical (unpaired) electrons. The average molecular weight is 401 g/mol. The van der Waals surface area contributed by atoms with Crippen LogP contribution in [0.5, 0.6) is 0 Å². The second kappa shape index (κ2) is 13.2. The fourth-order valence-electron chi connectivity index (χ4n) is 2.68. The molecule has 0 unspecified atom stereocenters. The summed E-state index contributed by atoms with van der Waals surface area (Å²) in [5, 5.41) is 2.50. The quantitative estimate of drug-likeness (QED) is 0.350. The summed E-state index contributed by atoms with van der Waals surface area (Å²) < 4.78 is 42.6. The highest BCUT2D eigenvalue weighted by atomic mass is 19.4. The number of ether oxygens (including phenoxy) is 1. The van der Waals surface area contributed by atoms with Crippen molar-refractivity contribution in [3.05, 3.63) is 35.4 Å². The van der Waals surface area contributed by atoms with Crippen molar-refractivity contribution in [2.75, 3.05) is 13.2 Å². The molecule has 0 atom stereocenters. The first kappa shape index (κ1) is 24.0. The number of nitrogens with one attached hydrogen (secondary N) is 1. The summed E-state index contributed by atoms with van der Waals surface area (Å²) in [6.07, 6.45) is 4.87. The van der Waals surface area contributed by atoms with Gasteiger partial charge in [-0.15, -0.1) is 0 Å². The van der Waals surface area contributed by atoms with Crippen molar-refractivity contribution >= 4 is 11.9 Å². The molecule has 0 aliphatic heterocycles. The molecule has 1 amide bonds. The van der Waals surface area contributed by atoms with Gasteiger partial charge in [0.15, 0.2) is 0 Å². The van der Waals surface area contributed by atoms with Crippen molar-refractivity contribution in [3.63, 3.8) is 0 Å². The van der Waals surface area contributed by atoms with Crippen molar-refractivity contribution < 1.29 is 27.5 Å². The van der Waals surface area contributed by atoms with Crippen LogP contribution in [0.4, 0.5) is 13.2 Å². The lowest BCUT2D eigenvalue weighted by Crippen LogP contribution is -2.26. The van der Waals surface area contributed by atoms with E-state index in [1.807, 2.05) is 0 Å². The van der Waals surface area contributed by atoms with E-state index in [0.717, 1.165) is 43.5 Å². The summed E-state index contributed by atoms with van der Waals surface area (Å²) in [6.45, 7) is 2.64. The lowest BCUT2D eigenvalue weighted by molar-refractivity contribution is -0.143. The molecule has 0 aromatic heterocycles. The maximum absolute atomic E-state index is 12.5. The van der Waals surface area contributed by atoms with Crippen LogP contribution < -0.4 is 5.32 Å². The smallest absolute Gasteiger partial charge is 0.416 e. The maximum Gasteiger partial charge on any atom is 0.416 e. The zero-order chi connectivity index (χ0) is 20.8. The molecule has 4 nitrogen and oxygen atoms in total. The van der Waals surface area contributed by atoms with Gasteiger partial charge < -0.3 is 10.1 Å². The van der Waals surface area contributed by atoms with E-state index in [0.29, 0.717) is 6.61 Å². The molecule has 1 N–H and O–H groups in total. The number of carbonyl (C=O) groups is 2. The predicted octanol–water partition coefficient (Wildman–Crippen LogP) is 5.51. The van der Waals surface area contributed by atoms with E-state index in [4.69, 9.17) is 4.74 Å². The van der Waals surface area contributed by atoms with Crippen LogP contribution >= 0.6 is 0 Å². The first-order chi connectivity index (χ1) is 13.3. The summed E-state index contributed by atoms with van der Waals surface area (Å²) in [5.74, 6) is -0.916. The van der Waals surface area contributed by atoms with Crippen LogP contribution in [0.15, 0.2) is 24.3 Å². The standard InChI is InChI=1S/C21H30F3NO3/c1-2-3-4-5-6-7-8-9-16-28-19(26)14-15-25-20(27)17-10-12-18(13-11-17)21(22,23)24/h10-13H,2-9,14-16H2,1H3,(H,25,27). The molecule has 7 heteroatoms. The Bertz CT molecular complexity index is 586. The fraction of sp³-hybridized carbons (Fsp3) is 0.619. The summed E-state index contributed by atoms with van der Waals surface area (Å²) in [7, 11) is 0. The molecular formula is C21H30F3NO3. The van der Waals surface area contributed by atoms with Gasteiger partial charge in [0.25, 0.3) is 5.91 Å². The van der Waals surface area contributed by atoms with Crippen LogP contribution in [0.1, 0.15) is 80.6 Å². The van der Waals surface area contributed by atoms with E-state index in [9.17, 15) is 22.8 Å². The number of amides is 1. The highest BCUT2D eigenvalue weighted by Gasteiger charge is 2.30. The first-order valence-corrected chi connectivity index (χ1v) is 9.95. The maximum atomic E-state index is 12.5. The normalized spacial score (nSPS) is 11.3. The minimum Gasteiger partial charge on any atom is -0.466 e. The van der Waals surface area contributed by atoms with Crippen molar-refractivity contribution in [1.29, 1.82) is 0 Å². The molecule has 28 heavy (non-hydrogen) atoms. The average Bonchev–Trinajstić information content (AvgIpc) is 2.66.